The molecule has 118 valence electrons. The van der Waals surface area contributed by atoms with Gasteiger partial charge in [-0.2, -0.15) is 0 Å². The molecule has 7 heteroatoms. The number of nitrogens with one attached hydrogen (secondary N) is 1. The lowest BCUT2D eigenvalue weighted by Crippen LogP contribution is -2.39. The van der Waals surface area contributed by atoms with E-state index in [1.807, 2.05) is 31.9 Å². The summed E-state index contributed by atoms with van der Waals surface area (Å²) in [6.45, 7) is 4.17. The Morgan fingerprint density at radius 2 is 2.09 bits per heavy atom. The molecule has 1 amide bonds. The summed E-state index contributed by atoms with van der Waals surface area (Å²) in [6, 6.07) is 6.48. The number of anilines is 1. The highest BCUT2D eigenvalue weighted by molar-refractivity contribution is 6.42. The lowest BCUT2D eigenvalue weighted by molar-refractivity contribution is -0.120. The standard InChI is InChI=1S/C15H17Cl2N3O2/c1-9-6-12(19-22-9)8-20(3)10(2)15(21)18-11-4-5-13(16)14(17)7-11/h4-7,10H,8H2,1-3H3,(H,18,21). The second-order valence-corrected chi connectivity index (χ2v) is 5.95. The Morgan fingerprint density at radius 3 is 2.68 bits per heavy atom. The van der Waals surface area contributed by atoms with Gasteiger partial charge in [-0.05, 0) is 39.1 Å². The number of carbonyl (C=O) groups excluding carboxylic acids is 1. The van der Waals surface area contributed by atoms with Crippen LogP contribution >= 0.6 is 23.2 Å². The van der Waals surface area contributed by atoms with Gasteiger partial charge in [0.25, 0.3) is 0 Å². The van der Waals surface area contributed by atoms with Crippen molar-refractivity contribution in [1.82, 2.24) is 10.1 Å². The molecule has 0 saturated heterocycles. The average Bonchev–Trinajstić information content (AvgIpc) is 2.87. The molecule has 0 aliphatic carbocycles. The molecule has 1 N–H and O–H groups in total. The van der Waals surface area contributed by atoms with Gasteiger partial charge in [-0.25, -0.2) is 0 Å². The SMILES string of the molecule is Cc1cc(CN(C)C(C)C(=O)Nc2ccc(Cl)c(Cl)c2)no1. The van der Waals surface area contributed by atoms with Gasteiger partial charge in [0.1, 0.15) is 5.76 Å². The third-order valence-corrected chi connectivity index (χ3v) is 4.05. The highest BCUT2D eigenvalue weighted by Gasteiger charge is 2.19. The van der Waals surface area contributed by atoms with Gasteiger partial charge in [-0.15, -0.1) is 0 Å². The molecule has 5 nitrogen and oxygen atoms in total. The van der Waals surface area contributed by atoms with E-state index in [2.05, 4.69) is 10.5 Å². The van der Waals surface area contributed by atoms with Crippen molar-refractivity contribution in [3.05, 3.63) is 45.8 Å². The van der Waals surface area contributed by atoms with Crippen LogP contribution in [0.3, 0.4) is 0 Å². The Hall–Kier alpha value is -1.56. The molecule has 1 aromatic heterocycles. The second kappa shape index (κ2) is 7.13. The number of hydrogen-bond donors (Lipinski definition) is 1. The molecule has 2 rings (SSSR count). The van der Waals surface area contributed by atoms with Crippen LogP contribution < -0.4 is 5.32 Å². The van der Waals surface area contributed by atoms with Crippen LogP contribution in [0, 0.1) is 6.92 Å². The number of aryl methyl sites for hydroxylation is 1. The van der Waals surface area contributed by atoms with E-state index >= 15 is 0 Å². The largest absolute Gasteiger partial charge is 0.361 e. The highest BCUT2D eigenvalue weighted by Crippen LogP contribution is 2.25. The maximum atomic E-state index is 12.3. The average molecular weight is 342 g/mol. The smallest absolute Gasteiger partial charge is 0.241 e. The molecular weight excluding hydrogens is 325 g/mol. The summed E-state index contributed by atoms with van der Waals surface area (Å²) in [5.74, 6) is 0.609. The number of benzene rings is 1. The first-order valence-corrected chi connectivity index (χ1v) is 7.50. The Balaban J connectivity index is 1.97. The summed E-state index contributed by atoms with van der Waals surface area (Å²) in [5, 5.41) is 7.59. The van der Waals surface area contributed by atoms with Gasteiger partial charge in [0.05, 0.1) is 21.8 Å². The van der Waals surface area contributed by atoms with Crippen LogP contribution in [0.25, 0.3) is 0 Å². The zero-order chi connectivity index (χ0) is 16.3. The number of hydrogen-bond acceptors (Lipinski definition) is 4. The van der Waals surface area contributed by atoms with Crippen molar-refractivity contribution in [2.45, 2.75) is 26.4 Å². The fourth-order valence-electron chi connectivity index (χ4n) is 1.91. The molecule has 1 atom stereocenters. The predicted molar refractivity (Wildman–Crippen MR) is 87.3 cm³/mol. The summed E-state index contributed by atoms with van der Waals surface area (Å²) in [4.78, 5) is 14.2. The van der Waals surface area contributed by atoms with Gasteiger partial charge < -0.3 is 9.84 Å². The first kappa shape index (κ1) is 16.8. The van der Waals surface area contributed by atoms with E-state index < -0.39 is 0 Å². The van der Waals surface area contributed by atoms with Gasteiger partial charge in [0.15, 0.2) is 0 Å². The quantitative estimate of drug-likeness (QED) is 0.899. The number of aromatic nitrogens is 1. The van der Waals surface area contributed by atoms with Crippen LogP contribution in [-0.4, -0.2) is 29.1 Å². The van der Waals surface area contributed by atoms with Crippen molar-refractivity contribution in [2.24, 2.45) is 0 Å². The van der Waals surface area contributed by atoms with Gasteiger partial charge in [-0.3, -0.25) is 9.69 Å². The van der Waals surface area contributed by atoms with Gasteiger partial charge in [0.2, 0.25) is 5.91 Å². The van der Waals surface area contributed by atoms with E-state index in [0.29, 0.717) is 22.3 Å². The van der Waals surface area contributed by atoms with Gasteiger partial charge in [-0.1, -0.05) is 28.4 Å². The van der Waals surface area contributed by atoms with E-state index in [9.17, 15) is 4.79 Å². The van der Waals surface area contributed by atoms with Crippen LogP contribution in [0.4, 0.5) is 5.69 Å². The molecule has 0 saturated carbocycles. The summed E-state index contributed by atoms with van der Waals surface area (Å²) in [5.41, 5.74) is 1.39. The van der Waals surface area contributed by atoms with Crippen molar-refractivity contribution >= 4 is 34.8 Å². The van der Waals surface area contributed by atoms with Crippen LogP contribution in [0.5, 0.6) is 0 Å². The molecule has 22 heavy (non-hydrogen) atoms. The number of carbonyl (C=O) groups is 1. The van der Waals surface area contributed by atoms with Crippen molar-refractivity contribution in [1.29, 1.82) is 0 Å². The maximum absolute atomic E-state index is 12.3. The second-order valence-electron chi connectivity index (χ2n) is 5.14. The summed E-state index contributed by atoms with van der Waals surface area (Å²) in [6.07, 6.45) is 0. The van der Waals surface area contributed by atoms with E-state index in [0.717, 1.165) is 11.5 Å². The molecule has 1 unspecified atom stereocenters. The lowest BCUT2D eigenvalue weighted by Gasteiger charge is -2.22. The Kier molecular flexibility index (Phi) is 5.45. The Morgan fingerprint density at radius 1 is 1.36 bits per heavy atom. The van der Waals surface area contributed by atoms with Gasteiger partial charge in [0, 0.05) is 18.3 Å². The maximum Gasteiger partial charge on any atom is 0.241 e. The minimum atomic E-state index is -0.341. The van der Waals surface area contributed by atoms with Crippen molar-refractivity contribution < 1.29 is 9.32 Å². The molecule has 0 spiro atoms. The predicted octanol–water partition coefficient (Wildman–Crippen LogP) is 3.75. The fourth-order valence-corrected chi connectivity index (χ4v) is 2.20. The zero-order valence-corrected chi connectivity index (χ0v) is 14.1. The van der Waals surface area contributed by atoms with Crippen molar-refractivity contribution in [3.8, 4) is 0 Å². The summed E-state index contributed by atoms with van der Waals surface area (Å²) >= 11 is 11.8. The molecule has 0 aliphatic rings. The van der Waals surface area contributed by atoms with E-state index in [1.54, 1.807) is 18.2 Å². The summed E-state index contributed by atoms with van der Waals surface area (Å²) in [7, 11) is 1.85. The number of nitrogens with zero attached hydrogens (tertiary/aromatic N) is 2. The van der Waals surface area contributed by atoms with Crippen LogP contribution in [-0.2, 0) is 11.3 Å². The number of rotatable bonds is 5. The van der Waals surface area contributed by atoms with Crippen LogP contribution in [0.15, 0.2) is 28.8 Å². The number of likely N-dealkylation sites (N-methyl/N-ethyl adjacent to an activating group) is 1. The minimum Gasteiger partial charge on any atom is -0.361 e. The molecule has 0 bridgehead atoms. The molecule has 1 heterocycles. The molecule has 0 fully saturated rings. The lowest BCUT2D eigenvalue weighted by atomic mass is 10.2. The first-order chi connectivity index (χ1) is 10.4. The van der Waals surface area contributed by atoms with Crippen molar-refractivity contribution in [2.75, 3.05) is 12.4 Å². The summed E-state index contributed by atoms with van der Waals surface area (Å²) < 4.78 is 5.02. The third-order valence-electron chi connectivity index (χ3n) is 3.32. The van der Waals surface area contributed by atoms with E-state index in [4.69, 9.17) is 27.7 Å². The molecule has 2 aromatic rings. The monoisotopic (exact) mass is 341 g/mol. The number of amides is 1. The van der Waals surface area contributed by atoms with E-state index in [-0.39, 0.29) is 11.9 Å². The Bertz CT molecular complexity index is 673. The first-order valence-electron chi connectivity index (χ1n) is 6.75. The molecule has 0 radical (unpaired) electrons. The minimum absolute atomic E-state index is 0.138. The molecule has 0 aliphatic heterocycles. The normalized spacial score (nSPS) is 12.5. The zero-order valence-electron chi connectivity index (χ0n) is 12.6. The van der Waals surface area contributed by atoms with Gasteiger partial charge >= 0.3 is 0 Å². The topological polar surface area (TPSA) is 58.4 Å². The Labute approximate surface area is 139 Å². The van der Waals surface area contributed by atoms with E-state index in [1.165, 1.54) is 0 Å². The van der Waals surface area contributed by atoms with Crippen LogP contribution in [0.2, 0.25) is 10.0 Å². The van der Waals surface area contributed by atoms with Crippen molar-refractivity contribution in [3.63, 3.8) is 0 Å². The van der Waals surface area contributed by atoms with Crippen LogP contribution in [0.1, 0.15) is 18.4 Å². The molecule has 1 aromatic carbocycles. The number of halogens is 2. The molecular formula is C15H17Cl2N3O2. The third kappa shape index (κ3) is 4.22. The fraction of sp³-hybridized carbons (Fsp3) is 0.333. The highest BCUT2D eigenvalue weighted by atomic mass is 35.5.